The molecular weight excluding hydrogens is 102 g/mol. The summed E-state index contributed by atoms with van der Waals surface area (Å²) < 4.78 is 0. The van der Waals surface area contributed by atoms with Gasteiger partial charge >= 0.3 is 0 Å². The zero-order valence-electron chi connectivity index (χ0n) is 4.60. The third kappa shape index (κ3) is 1.43. The molecule has 0 fully saturated rings. The average Bonchev–Trinajstić information content (AvgIpc) is 1.69. The van der Waals surface area contributed by atoms with Crippen molar-refractivity contribution in [2.75, 3.05) is 0 Å². The number of hydrogen-bond donors (Lipinski definition) is 2. The zero-order chi connectivity index (χ0) is 6.57. The van der Waals surface area contributed by atoms with Gasteiger partial charge in [0.25, 0.3) is 0 Å². The maximum atomic E-state index is 8.16. The smallest absolute Gasteiger partial charge is 0.103 e. The van der Waals surface area contributed by atoms with Crippen LogP contribution in [-0.4, -0.2) is 5.71 Å². The van der Waals surface area contributed by atoms with E-state index in [9.17, 15) is 0 Å². The topological polar surface area (TPSA) is 73.7 Å². The van der Waals surface area contributed by atoms with Crippen LogP contribution in [0.15, 0.2) is 11.8 Å². The van der Waals surface area contributed by atoms with E-state index in [2.05, 4.69) is 0 Å². The van der Waals surface area contributed by atoms with E-state index >= 15 is 0 Å². The predicted molar refractivity (Wildman–Crippen MR) is 31.3 cm³/mol. The zero-order valence-corrected chi connectivity index (χ0v) is 4.60. The standard InChI is InChI=1S/C5H7N3/c1-4(8)5(2-6)3-7/h2,8H,6H2,1H3/b5-2-,8-4?. The van der Waals surface area contributed by atoms with E-state index in [0.717, 1.165) is 6.20 Å². The molecule has 0 aromatic heterocycles. The SMILES string of the molecule is CC(=N)/C(C#N)=C\N. The molecule has 0 aliphatic heterocycles. The Bertz CT molecular complexity index is 161. The number of nitriles is 1. The highest BCUT2D eigenvalue weighted by Gasteiger charge is 1.92. The minimum atomic E-state index is 0.204. The van der Waals surface area contributed by atoms with E-state index in [1.807, 2.05) is 0 Å². The van der Waals surface area contributed by atoms with Crippen molar-refractivity contribution in [2.45, 2.75) is 6.92 Å². The van der Waals surface area contributed by atoms with Crippen LogP contribution < -0.4 is 5.73 Å². The molecule has 8 heavy (non-hydrogen) atoms. The highest BCUT2D eigenvalue weighted by Crippen LogP contribution is 1.88. The Balaban J connectivity index is 4.20. The number of nitrogens with one attached hydrogen (secondary N) is 1. The fourth-order valence-corrected chi connectivity index (χ4v) is 0.246. The Morgan fingerprint density at radius 3 is 2.38 bits per heavy atom. The summed E-state index contributed by atoms with van der Waals surface area (Å²) in [5.41, 5.74) is 5.39. The van der Waals surface area contributed by atoms with Crippen molar-refractivity contribution in [1.29, 1.82) is 10.7 Å². The summed E-state index contributed by atoms with van der Waals surface area (Å²) in [7, 11) is 0. The van der Waals surface area contributed by atoms with Gasteiger partial charge in [0, 0.05) is 11.9 Å². The van der Waals surface area contributed by atoms with E-state index in [4.69, 9.17) is 16.4 Å². The van der Waals surface area contributed by atoms with E-state index in [0.29, 0.717) is 0 Å². The molecule has 0 rings (SSSR count). The van der Waals surface area contributed by atoms with E-state index in [-0.39, 0.29) is 11.3 Å². The number of allylic oxidation sites excluding steroid dienone is 1. The van der Waals surface area contributed by atoms with Gasteiger partial charge in [-0.3, -0.25) is 0 Å². The van der Waals surface area contributed by atoms with E-state index < -0.39 is 0 Å². The van der Waals surface area contributed by atoms with E-state index in [1.165, 1.54) is 6.92 Å². The Kier molecular flexibility index (Phi) is 2.35. The first-order valence-electron chi connectivity index (χ1n) is 2.10. The molecule has 0 atom stereocenters. The van der Waals surface area contributed by atoms with E-state index in [1.54, 1.807) is 6.07 Å². The summed E-state index contributed by atoms with van der Waals surface area (Å²) in [5.74, 6) is 0. The van der Waals surface area contributed by atoms with Gasteiger partial charge in [0.1, 0.15) is 6.07 Å². The molecule has 3 nitrogen and oxygen atoms in total. The van der Waals surface area contributed by atoms with Crippen molar-refractivity contribution in [3.8, 4) is 6.07 Å². The lowest BCUT2D eigenvalue weighted by atomic mass is 10.2. The summed E-state index contributed by atoms with van der Waals surface area (Å²) >= 11 is 0. The predicted octanol–water partition coefficient (Wildman–Crippen LogP) is 0.392. The fraction of sp³-hybridized carbons (Fsp3) is 0.200. The molecular formula is C5H7N3. The lowest BCUT2D eigenvalue weighted by Crippen LogP contribution is -1.95. The molecule has 0 spiro atoms. The first kappa shape index (κ1) is 6.70. The van der Waals surface area contributed by atoms with Crippen molar-refractivity contribution in [3.63, 3.8) is 0 Å². The molecule has 42 valence electrons. The minimum Gasteiger partial charge on any atom is -0.403 e. The van der Waals surface area contributed by atoms with Crippen molar-refractivity contribution >= 4 is 5.71 Å². The average molecular weight is 109 g/mol. The van der Waals surface area contributed by atoms with Gasteiger partial charge in [0.2, 0.25) is 0 Å². The van der Waals surface area contributed by atoms with Gasteiger partial charge in [0.05, 0.1) is 5.57 Å². The van der Waals surface area contributed by atoms with Gasteiger partial charge in [0.15, 0.2) is 0 Å². The van der Waals surface area contributed by atoms with Gasteiger partial charge in [-0.1, -0.05) is 0 Å². The molecule has 0 heterocycles. The van der Waals surface area contributed by atoms with Crippen LogP contribution in [0.25, 0.3) is 0 Å². The normalized spacial score (nSPS) is 10.2. The summed E-state index contributed by atoms with van der Waals surface area (Å²) in [6.07, 6.45) is 1.13. The number of hydrogen-bond acceptors (Lipinski definition) is 3. The third-order valence-corrected chi connectivity index (χ3v) is 0.691. The van der Waals surface area contributed by atoms with Gasteiger partial charge in [-0.15, -0.1) is 0 Å². The van der Waals surface area contributed by atoms with Crippen molar-refractivity contribution < 1.29 is 0 Å². The highest BCUT2D eigenvalue weighted by molar-refractivity contribution is 5.99. The summed E-state index contributed by atoms with van der Waals surface area (Å²) in [6, 6.07) is 1.76. The van der Waals surface area contributed by atoms with Gasteiger partial charge in [-0.25, -0.2) is 0 Å². The van der Waals surface area contributed by atoms with Crippen molar-refractivity contribution in [1.82, 2.24) is 0 Å². The molecule has 0 aliphatic rings. The monoisotopic (exact) mass is 109 g/mol. The molecule has 0 bridgehead atoms. The second-order valence-corrected chi connectivity index (χ2v) is 1.32. The Morgan fingerprint density at radius 1 is 1.88 bits per heavy atom. The minimum absolute atomic E-state index is 0.204. The van der Waals surface area contributed by atoms with Crippen molar-refractivity contribution in [3.05, 3.63) is 11.8 Å². The summed E-state index contributed by atoms with van der Waals surface area (Å²) in [6.45, 7) is 1.52. The van der Waals surface area contributed by atoms with Crippen LogP contribution >= 0.6 is 0 Å². The van der Waals surface area contributed by atoms with Crippen molar-refractivity contribution in [2.24, 2.45) is 5.73 Å². The number of nitrogens with zero attached hydrogens (tertiary/aromatic N) is 1. The maximum Gasteiger partial charge on any atom is 0.103 e. The van der Waals surface area contributed by atoms with Crippen LogP contribution in [0, 0.1) is 16.7 Å². The van der Waals surface area contributed by atoms with Crippen LogP contribution in [0.1, 0.15) is 6.92 Å². The van der Waals surface area contributed by atoms with Gasteiger partial charge in [-0.05, 0) is 6.92 Å². The van der Waals surface area contributed by atoms with Crippen LogP contribution in [0.5, 0.6) is 0 Å². The molecule has 0 radical (unpaired) electrons. The first-order chi connectivity index (χ1) is 3.72. The van der Waals surface area contributed by atoms with Crippen LogP contribution in [-0.2, 0) is 0 Å². The highest BCUT2D eigenvalue weighted by atomic mass is 14.5. The number of rotatable bonds is 1. The molecule has 0 aromatic carbocycles. The second kappa shape index (κ2) is 2.80. The molecule has 0 amide bonds. The molecule has 0 saturated carbocycles. The molecule has 3 heteroatoms. The molecule has 0 aliphatic carbocycles. The first-order valence-corrected chi connectivity index (χ1v) is 2.10. The lowest BCUT2D eigenvalue weighted by Gasteiger charge is -1.86. The maximum absolute atomic E-state index is 8.16. The second-order valence-electron chi connectivity index (χ2n) is 1.32. The van der Waals surface area contributed by atoms with Crippen LogP contribution in [0.2, 0.25) is 0 Å². The quantitative estimate of drug-likeness (QED) is 0.377. The Hall–Kier alpha value is -1.30. The Labute approximate surface area is 47.9 Å². The molecule has 0 unspecified atom stereocenters. The summed E-state index contributed by atoms with van der Waals surface area (Å²) in [5, 5.41) is 15.0. The van der Waals surface area contributed by atoms with Gasteiger partial charge < -0.3 is 11.1 Å². The summed E-state index contributed by atoms with van der Waals surface area (Å²) in [4.78, 5) is 0. The Morgan fingerprint density at radius 2 is 2.38 bits per heavy atom. The van der Waals surface area contributed by atoms with Crippen LogP contribution in [0.4, 0.5) is 0 Å². The molecule has 3 N–H and O–H groups in total. The fourth-order valence-electron chi connectivity index (χ4n) is 0.246. The largest absolute Gasteiger partial charge is 0.403 e. The van der Waals surface area contributed by atoms with Crippen LogP contribution in [0.3, 0.4) is 0 Å². The van der Waals surface area contributed by atoms with Gasteiger partial charge in [-0.2, -0.15) is 5.26 Å². The molecule has 0 aromatic rings. The third-order valence-electron chi connectivity index (χ3n) is 0.691. The molecule has 0 saturated heterocycles. The lowest BCUT2D eigenvalue weighted by molar-refractivity contribution is 1.42. The number of nitrogens with two attached hydrogens (primary N) is 1.